The topological polar surface area (TPSA) is 90.0 Å². The van der Waals surface area contributed by atoms with Gasteiger partial charge in [0.1, 0.15) is 30.5 Å². The Hall–Kier alpha value is -1.76. The number of nitrogens with zero attached hydrogens (tertiary/aromatic N) is 1. The molecule has 0 unspecified atom stereocenters. The number of carbonyl (C=O) groups excluding carboxylic acids is 4. The Balaban J connectivity index is 2.82. The minimum absolute atomic E-state index is 0.241. The number of hydrogen-bond acceptors (Lipinski definition) is 7. The maximum Gasteiger partial charge on any atom is 0.332 e. The van der Waals surface area contributed by atoms with Crippen LogP contribution in [-0.4, -0.2) is 45.8 Å². The van der Waals surface area contributed by atoms with Crippen LogP contribution in [0.1, 0.15) is 67.2 Å². The van der Waals surface area contributed by atoms with Gasteiger partial charge in [-0.2, -0.15) is 0 Å². The van der Waals surface area contributed by atoms with Gasteiger partial charge >= 0.3 is 11.9 Å². The number of esters is 1. The van der Waals surface area contributed by atoms with Gasteiger partial charge in [0.05, 0.1) is 11.1 Å². The van der Waals surface area contributed by atoms with E-state index in [0.717, 1.165) is 0 Å². The van der Waals surface area contributed by atoms with Gasteiger partial charge in [-0.1, -0.05) is 0 Å². The molecule has 24 heavy (non-hydrogen) atoms. The van der Waals surface area contributed by atoms with Crippen LogP contribution in [0.25, 0.3) is 0 Å². The monoisotopic (exact) mass is 341 g/mol. The Morgan fingerprint density at radius 1 is 0.875 bits per heavy atom. The van der Waals surface area contributed by atoms with E-state index in [-0.39, 0.29) is 30.5 Å². The number of carbonyl (C=O) groups is 4. The van der Waals surface area contributed by atoms with Crippen molar-refractivity contribution >= 4 is 23.5 Å². The normalized spacial score (nSPS) is 20.2. The molecule has 0 aromatic rings. The third-order valence-electron chi connectivity index (χ3n) is 3.83. The molecule has 1 saturated heterocycles. The molecule has 1 rings (SSSR count). The fourth-order valence-electron chi connectivity index (χ4n) is 3.27. The summed E-state index contributed by atoms with van der Waals surface area (Å²) in [6.45, 7) is 10.2. The lowest BCUT2D eigenvalue weighted by Crippen LogP contribution is -2.62. The van der Waals surface area contributed by atoms with Crippen LogP contribution in [0.15, 0.2) is 0 Å². The summed E-state index contributed by atoms with van der Waals surface area (Å²) in [6.07, 6.45) is 0.0134. The van der Waals surface area contributed by atoms with E-state index in [1.807, 2.05) is 27.7 Å². The molecule has 136 valence electrons. The molecule has 1 fully saturated rings. The summed E-state index contributed by atoms with van der Waals surface area (Å²) < 4.78 is 5.41. The molecular weight excluding hydrogens is 314 g/mol. The number of piperidine rings is 1. The van der Waals surface area contributed by atoms with E-state index < -0.39 is 23.0 Å². The number of hydrogen-bond donors (Lipinski definition) is 0. The van der Waals surface area contributed by atoms with E-state index in [1.165, 1.54) is 13.8 Å². The largest absolute Gasteiger partial charge is 0.462 e. The van der Waals surface area contributed by atoms with E-state index in [4.69, 9.17) is 9.57 Å². The predicted molar refractivity (Wildman–Crippen MR) is 85.8 cm³/mol. The first-order chi connectivity index (χ1) is 10.8. The first-order valence-electron chi connectivity index (χ1n) is 8.03. The Morgan fingerprint density at radius 2 is 1.29 bits per heavy atom. The molecule has 7 heteroatoms. The molecule has 0 spiro atoms. The van der Waals surface area contributed by atoms with Gasteiger partial charge in [-0.05, 0) is 41.5 Å². The lowest BCUT2D eigenvalue weighted by molar-refractivity contribution is -0.277. The minimum Gasteiger partial charge on any atom is -0.462 e. The molecule has 0 bridgehead atoms. The molecule has 0 N–H and O–H groups in total. The molecule has 1 heterocycles. The van der Waals surface area contributed by atoms with Gasteiger partial charge in [-0.15, -0.1) is 5.06 Å². The Morgan fingerprint density at radius 3 is 1.71 bits per heavy atom. The molecule has 0 atom stereocenters. The summed E-state index contributed by atoms with van der Waals surface area (Å²) in [5.41, 5.74) is -1.18. The molecule has 0 amide bonds. The highest BCUT2D eigenvalue weighted by atomic mass is 16.7. The predicted octanol–water partition coefficient (Wildman–Crippen LogP) is 1.97. The fraction of sp³-hybridized carbons (Fsp3) is 0.765. The fourth-order valence-corrected chi connectivity index (χ4v) is 3.27. The number of ether oxygens (including phenoxy) is 1. The van der Waals surface area contributed by atoms with E-state index in [1.54, 1.807) is 5.06 Å². The van der Waals surface area contributed by atoms with Crippen LogP contribution in [0.4, 0.5) is 0 Å². The summed E-state index contributed by atoms with van der Waals surface area (Å²) >= 11 is 0. The number of hydroxylamine groups is 2. The first kappa shape index (κ1) is 20.3. The van der Waals surface area contributed by atoms with Crippen LogP contribution in [0.2, 0.25) is 0 Å². The summed E-state index contributed by atoms with van der Waals surface area (Å²) in [5.74, 6) is -1.64. The Kier molecular flexibility index (Phi) is 6.27. The van der Waals surface area contributed by atoms with Crippen molar-refractivity contribution in [2.45, 2.75) is 84.4 Å². The van der Waals surface area contributed by atoms with E-state index in [0.29, 0.717) is 12.8 Å². The molecular formula is C17H27NO6. The number of rotatable bonds is 6. The van der Waals surface area contributed by atoms with Gasteiger partial charge in [0, 0.05) is 12.8 Å². The van der Waals surface area contributed by atoms with Crippen molar-refractivity contribution in [2.24, 2.45) is 0 Å². The molecule has 0 aliphatic carbocycles. The molecule has 1 aliphatic heterocycles. The summed E-state index contributed by atoms with van der Waals surface area (Å²) in [5, 5.41) is 1.58. The van der Waals surface area contributed by atoms with Crippen molar-refractivity contribution in [3.63, 3.8) is 0 Å². The van der Waals surface area contributed by atoms with Crippen LogP contribution in [0, 0.1) is 0 Å². The van der Waals surface area contributed by atoms with Crippen LogP contribution in [0.3, 0.4) is 0 Å². The lowest BCUT2D eigenvalue weighted by atomic mass is 9.80. The van der Waals surface area contributed by atoms with E-state index >= 15 is 0 Å². The second kappa shape index (κ2) is 7.42. The second-order valence-electron chi connectivity index (χ2n) is 7.66. The molecule has 0 saturated carbocycles. The standard InChI is InChI=1S/C17H27NO6/c1-11(19)7-14(21)23-13-9-16(3,4)18(17(5,6)10-13)24-15(22)8-12(2)20/h13H,7-10H2,1-6H3. The SMILES string of the molecule is CC(=O)CC(=O)OC1CC(C)(C)N(OC(=O)CC(C)=O)C(C)(C)C1. The molecule has 0 aromatic heterocycles. The summed E-state index contributed by atoms with van der Waals surface area (Å²) in [4.78, 5) is 51.1. The van der Waals surface area contributed by atoms with Crippen molar-refractivity contribution in [3.8, 4) is 0 Å². The maximum atomic E-state index is 11.9. The molecule has 7 nitrogen and oxygen atoms in total. The van der Waals surface area contributed by atoms with Crippen molar-refractivity contribution < 1.29 is 28.8 Å². The number of Topliss-reactive ketones (excluding diaryl/α,β-unsaturated/α-hetero) is 2. The van der Waals surface area contributed by atoms with Crippen LogP contribution < -0.4 is 0 Å². The lowest BCUT2D eigenvalue weighted by Gasteiger charge is -2.52. The molecule has 0 radical (unpaired) electrons. The highest BCUT2D eigenvalue weighted by Crippen LogP contribution is 2.40. The van der Waals surface area contributed by atoms with Crippen LogP contribution in [-0.2, 0) is 28.8 Å². The van der Waals surface area contributed by atoms with Gasteiger partial charge in [0.25, 0.3) is 0 Å². The smallest absolute Gasteiger partial charge is 0.332 e. The maximum absolute atomic E-state index is 11.9. The zero-order chi connectivity index (χ0) is 18.7. The van der Waals surface area contributed by atoms with Crippen molar-refractivity contribution in [3.05, 3.63) is 0 Å². The zero-order valence-electron chi connectivity index (χ0n) is 15.3. The second-order valence-corrected chi connectivity index (χ2v) is 7.66. The van der Waals surface area contributed by atoms with Gasteiger partial charge in [0.15, 0.2) is 0 Å². The minimum atomic E-state index is -0.601. The van der Waals surface area contributed by atoms with Crippen molar-refractivity contribution in [2.75, 3.05) is 0 Å². The Labute approximate surface area is 142 Å². The van der Waals surface area contributed by atoms with Crippen molar-refractivity contribution in [1.82, 2.24) is 5.06 Å². The quantitative estimate of drug-likeness (QED) is 0.539. The Bertz CT molecular complexity index is 519. The average Bonchev–Trinajstić information content (AvgIpc) is 2.30. The summed E-state index contributed by atoms with van der Waals surface area (Å²) in [6, 6.07) is 0. The van der Waals surface area contributed by atoms with E-state index in [9.17, 15) is 19.2 Å². The first-order valence-corrected chi connectivity index (χ1v) is 8.03. The molecule has 0 aromatic carbocycles. The highest BCUT2D eigenvalue weighted by Gasteiger charge is 2.49. The zero-order valence-corrected chi connectivity index (χ0v) is 15.3. The third-order valence-corrected chi connectivity index (χ3v) is 3.83. The highest BCUT2D eigenvalue weighted by molar-refractivity contribution is 5.94. The van der Waals surface area contributed by atoms with Crippen molar-refractivity contribution in [1.29, 1.82) is 0 Å². The molecule has 1 aliphatic rings. The van der Waals surface area contributed by atoms with Crippen LogP contribution >= 0.6 is 0 Å². The van der Waals surface area contributed by atoms with Gasteiger partial charge < -0.3 is 9.57 Å². The van der Waals surface area contributed by atoms with Gasteiger partial charge in [-0.3, -0.25) is 14.4 Å². The average molecular weight is 341 g/mol. The van der Waals surface area contributed by atoms with E-state index in [2.05, 4.69) is 0 Å². The third kappa shape index (κ3) is 5.70. The van der Waals surface area contributed by atoms with Gasteiger partial charge in [0.2, 0.25) is 0 Å². The van der Waals surface area contributed by atoms with Crippen LogP contribution in [0.5, 0.6) is 0 Å². The van der Waals surface area contributed by atoms with Gasteiger partial charge in [-0.25, -0.2) is 4.79 Å². The number of ketones is 2. The summed E-state index contributed by atoms with van der Waals surface area (Å²) in [7, 11) is 0.